The van der Waals surface area contributed by atoms with Crippen LogP contribution in [-0.2, 0) is 0 Å². The molecule has 1 heterocycles. The summed E-state index contributed by atoms with van der Waals surface area (Å²) < 4.78 is 5.38. The zero-order chi connectivity index (χ0) is 12.6. The number of nitrogens with two attached hydrogens (primary N) is 1. The van der Waals surface area contributed by atoms with Gasteiger partial charge in [-0.05, 0) is 25.5 Å². The summed E-state index contributed by atoms with van der Waals surface area (Å²) in [5.41, 5.74) is 9.45. The van der Waals surface area contributed by atoms with Crippen molar-refractivity contribution < 1.29 is 4.74 Å². The van der Waals surface area contributed by atoms with Crippen molar-refractivity contribution in [3.63, 3.8) is 0 Å². The maximum absolute atomic E-state index is 6.27. The number of halogens is 1. The number of rotatable bonds is 2. The molecule has 1 aromatic carbocycles. The lowest BCUT2D eigenvalue weighted by molar-refractivity contribution is 0.409. The highest BCUT2D eigenvalue weighted by molar-refractivity contribution is 6.33. The molecule has 2 aromatic rings. The number of anilines is 1. The molecule has 2 rings (SSSR count). The van der Waals surface area contributed by atoms with Gasteiger partial charge in [0, 0.05) is 21.7 Å². The van der Waals surface area contributed by atoms with Gasteiger partial charge in [0.2, 0.25) is 0 Å². The van der Waals surface area contributed by atoms with E-state index in [0.717, 1.165) is 28.0 Å². The molecule has 0 amide bonds. The average Bonchev–Trinajstić information content (AvgIpc) is 2.65. The molecular formula is C12H14ClN3O. The first kappa shape index (κ1) is 11.8. The van der Waals surface area contributed by atoms with Crippen molar-refractivity contribution in [1.82, 2.24) is 10.2 Å². The Morgan fingerprint density at radius 2 is 2.12 bits per heavy atom. The number of nitrogens with one attached hydrogen (secondary N) is 1. The third-order valence-corrected chi connectivity index (χ3v) is 3.10. The third kappa shape index (κ3) is 1.85. The number of nitrogen functional groups attached to an aromatic ring is 1. The van der Waals surface area contributed by atoms with Gasteiger partial charge in [0.25, 0.3) is 0 Å². The largest absolute Gasteiger partial charge is 0.496 e. The van der Waals surface area contributed by atoms with Gasteiger partial charge in [-0.3, -0.25) is 5.10 Å². The van der Waals surface area contributed by atoms with Crippen molar-refractivity contribution in [1.29, 1.82) is 0 Å². The molecule has 5 heteroatoms. The highest BCUT2D eigenvalue weighted by Gasteiger charge is 2.17. The van der Waals surface area contributed by atoms with Crippen LogP contribution in [0.4, 0.5) is 5.82 Å². The summed E-state index contributed by atoms with van der Waals surface area (Å²) in [6, 6.07) is 1.87. The van der Waals surface area contributed by atoms with Crippen LogP contribution in [0.5, 0.6) is 5.75 Å². The Bertz CT molecular complexity index is 563. The molecule has 0 saturated heterocycles. The molecule has 0 aliphatic carbocycles. The predicted octanol–water partition coefficient (Wildman–Crippen LogP) is 2.94. The lowest BCUT2D eigenvalue weighted by Crippen LogP contribution is -1.96. The number of methoxy groups -OCH3 is 1. The van der Waals surface area contributed by atoms with Crippen LogP contribution in [0, 0.1) is 13.8 Å². The molecule has 0 fully saturated rings. The molecule has 1 aromatic heterocycles. The zero-order valence-corrected chi connectivity index (χ0v) is 10.7. The Morgan fingerprint density at radius 3 is 2.65 bits per heavy atom. The lowest BCUT2D eigenvalue weighted by Gasteiger charge is -2.14. The Hall–Kier alpha value is -1.68. The highest BCUT2D eigenvalue weighted by Crippen LogP contribution is 2.39. The summed E-state index contributed by atoms with van der Waals surface area (Å²) in [6.45, 7) is 3.92. The maximum Gasteiger partial charge on any atom is 0.126 e. The molecule has 0 bridgehead atoms. The van der Waals surface area contributed by atoms with Gasteiger partial charge in [0.05, 0.1) is 13.3 Å². The Balaban J connectivity index is 2.74. The van der Waals surface area contributed by atoms with Crippen molar-refractivity contribution in [3.8, 4) is 16.9 Å². The van der Waals surface area contributed by atoms with Crippen LogP contribution in [0.3, 0.4) is 0 Å². The van der Waals surface area contributed by atoms with E-state index in [1.165, 1.54) is 0 Å². The lowest BCUT2D eigenvalue weighted by atomic mass is 9.99. The summed E-state index contributed by atoms with van der Waals surface area (Å²) >= 11 is 6.27. The van der Waals surface area contributed by atoms with Crippen molar-refractivity contribution in [2.75, 3.05) is 12.8 Å². The number of hydrogen-bond acceptors (Lipinski definition) is 3. The number of benzene rings is 1. The van der Waals surface area contributed by atoms with Gasteiger partial charge in [-0.2, -0.15) is 5.10 Å². The number of H-pyrrole nitrogens is 1. The van der Waals surface area contributed by atoms with Crippen LogP contribution in [0.2, 0.25) is 5.02 Å². The first-order valence-corrected chi connectivity index (χ1v) is 5.57. The van der Waals surface area contributed by atoms with Gasteiger partial charge in [-0.25, -0.2) is 0 Å². The van der Waals surface area contributed by atoms with Gasteiger partial charge in [0.1, 0.15) is 11.6 Å². The number of aromatic amines is 1. The second-order valence-electron chi connectivity index (χ2n) is 3.91. The summed E-state index contributed by atoms with van der Waals surface area (Å²) in [5, 5.41) is 7.26. The van der Waals surface area contributed by atoms with E-state index in [1.807, 2.05) is 19.9 Å². The first-order valence-electron chi connectivity index (χ1n) is 5.19. The van der Waals surface area contributed by atoms with Gasteiger partial charge >= 0.3 is 0 Å². The van der Waals surface area contributed by atoms with E-state index in [2.05, 4.69) is 10.2 Å². The van der Waals surface area contributed by atoms with Crippen LogP contribution < -0.4 is 10.5 Å². The highest BCUT2D eigenvalue weighted by atomic mass is 35.5. The number of aryl methyl sites for hydroxylation is 1. The van der Waals surface area contributed by atoms with E-state index in [4.69, 9.17) is 22.1 Å². The SMILES string of the molecule is COc1c(C)cc(Cl)c(-c2cn[nH]c2N)c1C. The fourth-order valence-electron chi connectivity index (χ4n) is 2.06. The number of nitrogens with zero attached hydrogens (tertiary/aromatic N) is 1. The Kier molecular flexibility index (Phi) is 2.98. The van der Waals surface area contributed by atoms with Crippen LogP contribution in [0.25, 0.3) is 11.1 Å². The Labute approximate surface area is 105 Å². The average molecular weight is 252 g/mol. The van der Waals surface area contributed by atoms with Crippen LogP contribution in [0.1, 0.15) is 11.1 Å². The molecule has 0 aliphatic heterocycles. The van der Waals surface area contributed by atoms with Crippen LogP contribution in [-0.4, -0.2) is 17.3 Å². The maximum atomic E-state index is 6.27. The van der Waals surface area contributed by atoms with E-state index in [0.29, 0.717) is 10.8 Å². The molecule has 0 unspecified atom stereocenters. The molecule has 0 atom stereocenters. The third-order valence-electron chi connectivity index (χ3n) is 2.80. The van der Waals surface area contributed by atoms with E-state index in [-0.39, 0.29) is 0 Å². The van der Waals surface area contributed by atoms with Gasteiger partial charge in [0.15, 0.2) is 0 Å². The van der Waals surface area contributed by atoms with Crippen molar-refractivity contribution in [3.05, 3.63) is 28.4 Å². The minimum Gasteiger partial charge on any atom is -0.496 e. The fourth-order valence-corrected chi connectivity index (χ4v) is 2.46. The number of ether oxygens (including phenoxy) is 1. The smallest absolute Gasteiger partial charge is 0.126 e. The molecule has 0 spiro atoms. The molecule has 4 nitrogen and oxygen atoms in total. The van der Waals surface area contributed by atoms with Crippen molar-refractivity contribution in [2.45, 2.75) is 13.8 Å². The minimum absolute atomic E-state index is 0.501. The number of aromatic nitrogens is 2. The fraction of sp³-hybridized carbons (Fsp3) is 0.250. The summed E-state index contributed by atoms with van der Waals surface area (Å²) in [7, 11) is 1.64. The normalized spacial score (nSPS) is 10.6. The summed E-state index contributed by atoms with van der Waals surface area (Å²) in [6.07, 6.45) is 1.66. The van der Waals surface area contributed by atoms with E-state index >= 15 is 0 Å². The summed E-state index contributed by atoms with van der Waals surface area (Å²) in [5.74, 6) is 1.32. The van der Waals surface area contributed by atoms with Gasteiger partial charge < -0.3 is 10.5 Å². The minimum atomic E-state index is 0.501. The van der Waals surface area contributed by atoms with Gasteiger partial charge in [-0.15, -0.1) is 0 Å². The second-order valence-corrected chi connectivity index (χ2v) is 4.31. The topological polar surface area (TPSA) is 63.9 Å². The zero-order valence-electron chi connectivity index (χ0n) is 9.97. The van der Waals surface area contributed by atoms with E-state index in [9.17, 15) is 0 Å². The summed E-state index contributed by atoms with van der Waals surface area (Å²) in [4.78, 5) is 0. The molecule has 0 radical (unpaired) electrons. The van der Waals surface area contributed by atoms with E-state index < -0.39 is 0 Å². The van der Waals surface area contributed by atoms with Gasteiger partial charge in [-0.1, -0.05) is 11.6 Å². The predicted molar refractivity (Wildman–Crippen MR) is 69.5 cm³/mol. The standard InChI is InChI=1S/C12H14ClN3O/c1-6-4-9(13)10(7(2)11(6)17-3)8-5-15-16-12(8)14/h4-5H,1-3H3,(H3,14,15,16). The molecule has 0 aliphatic rings. The van der Waals surface area contributed by atoms with Crippen LogP contribution >= 0.6 is 11.6 Å². The first-order chi connectivity index (χ1) is 8.06. The molecule has 0 saturated carbocycles. The molecular weight excluding hydrogens is 238 g/mol. The second kappa shape index (κ2) is 4.30. The van der Waals surface area contributed by atoms with Crippen molar-refractivity contribution >= 4 is 17.4 Å². The molecule has 90 valence electrons. The quantitative estimate of drug-likeness (QED) is 0.863. The Morgan fingerprint density at radius 1 is 1.41 bits per heavy atom. The molecule has 3 N–H and O–H groups in total. The number of hydrogen-bond donors (Lipinski definition) is 2. The van der Waals surface area contributed by atoms with E-state index in [1.54, 1.807) is 13.3 Å². The van der Waals surface area contributed by atoms with Crippen LogP contribution in [0.15, 0.2) is 12.3 Å². The monoisotopic (exact) mass is 251 g/mol. The molecule has 17 heavy (non-hydrogen) atoms. The van der Waals surface area contributed by atoms with Crippen molar-refractivity contribution in [2.24, 2.45) is 0 Å².